The minimum absolute atomic E-state index is 0.394. The van der Waals surface area contributed by atoms with Crippen molar-refractivity contribution in [1.29, 1.82) is 0 Å². The van der Waals surface area contributed by atoms with Gasteiger partial charge >= 0.3 is 0 Å². The van der Waals surface area contributed by atoms with Crippen molar-refractivity contribution in [3.63, 3.8) is 0 Å². The summed E-state index contributed by atoms with van der Waals surface area (Å²) in [6.07, 6.45) is 1.76. The van der Waals surface area contributed by atoms with Crippen LogP contribution in [0.4, 0.5) is 0 Å². The van der Waals surface area contributed by atoms with Gasteiger partial charge in [0.05, 0.1) is 13.0 Å². The number of benzene rings is 1. The van der Waals surface area contributed by atoms with E-state index in [-0.39, 0.29) is 0 Å². The van der Waals surface area contributed by atoms with Gasteiger partial charge in [-0.3, -0.25) is 4.98 Å². The lowest BCUT2D eigenvalue weighted by atomic mass is 10.2. The molecule has 100 valence electrons. The van der Waals surface area contributed by atoms with Crippen molar-refractivity contribution in [2.45, 2.75) is 19.4 Å². The zero-order valence-corrected chi connectivity index (χ0v) is 11.8. The van der Waals surface area contributed by atoms with E-state index in [1.165, 1.54) is 0 Å². The minimum atomic E-state index is 0.394. The normalized spacial score (nSPS) is 10.3. The molecular formula is C15H16ClNO2. The number of aromatic nitrogens is 1. The Balaban J connectivity index is 2.07. The first-order valence-corrected chi connectivity index (χ1v) is 6.53. The largest absolute Gasteiger partial charge is 0.497 e. The van der Waals surface area contributed by atoms with E-state index in [2.05, 4.69) is 4.98 Å². The molecule has 2 aromatic rings. The lowest BCUT2D eigenvalue weighted by molar-refractivity contribution is 0.303. The number of halogens is 1. The van der Waals surface area contributed by atoms with Gasteiger partial charge in [-0.15, -0.1) is 11.6 Å². The molecule has 0 aliphatic rings. The highest BCUT2D eigenvalue weighted by Crippen LogP contribution is 2.22. The van der Waals surface area contributed by atoms with Crippen LogP contribution in [0.5, 0.6) is 11.5 Å². The second kappa shape index (κ2) is 6.43. The Morgan fingerprint density at radius 3 is 2.58 bits per heavy atom. The smallest absolute Gasteiger partial charge is 0.127 e. The highest BCUT2D eigenvalue weighted by Gasteiger charge is 2.04. The Morgan fingerprint density at radius 2 is 1.95 bits per heavy atom. The molecule has 0 spiro atoms. The van der Waals surface area contributed by atoms with Crippen molar-refractivity contribution in [2.24, 2.45) is 0 Å². The molecule has 0 saturated carbocycles. The van der Waals surface area contributed by atoms with Gasteiger partial charge in [0.2, 0.25) is 0 Å². The van der Waals surface area contributed by atoms with Crippen LogP contribution >= 0.6 is 11.6 Å². The average Bonchev–Trinajstić information content (AvgIpc) is 2.46. The molecule has 0 amide bonds. The molecule has 3 nitrogen and oxygen atoms in total. The molecule has 0 radical (unpaired) electrons. The Bertz CT molecular complexity index is 540. The van der Waals surface area contributed by atoms with E-state index in [4.69, 9.17) is 21.1 Å². The predicted octanol–water partition coefficient (Wildman–Crippen LogP) is 3.72. The summed E-state index contributed by atoms with van der Waals surface area (Å²) in [6, 6.07) is 9.69. The predicted molar refractivity (Wildman–Crippen MR) is 75.9 cm³/mol. The van der Waals surface area contributed by atoms with Crippen molar-refractivity contribution in [2.75, 3.05) is 7.11 Å². The Morgan fingerprint density at radius 1 is 1.21 bits per heavy atom. The third-order valence-corrected chi connectivity index (χ3v) is 3.07. The topological polar surface area (TPSA) is 31.4 Å². The molecule has 0 unspecified atom stereocenters. The van der Waals surface area contributed by atoms with Crippen molar-refractivity contribution < 1.29 is 9.47 Å². The van der Waals surface area contributed by atoms with E-state index < -0.39 is 0 Å². The SMILES string of the molecule is COc1ccc(COc2cc(C)ncc2CCl)cc1. The fourth-order valence-corrected chi connectivity index (χ4v) is 1.88. The second-order valence-corrected chi connectivity index (χ2v) is 4.47. The van der Waals surface area contributed by atoms with E-state index in [1.54, 1.807) is 13.3 Å². The Hall–Kier alpha value is -1.74. The summed E-state index contributed by atoms with van der Waals surface area (Å²) in [5.41, 5.74) is 2.90. The van der Waals surface area contributed by atoms with Crippen LogP contribution in [0, 0.1) is 6.92 Å². The van der Waals surface area contributed by atoms with Gasteiger partial charge in [-0.1, -0.05) is 12.1 Å². The van der Waals surface area contributed by atoms with Gasteiger partial charge in [0.25, 0.3) is 0 Å². The van der Waals surface area contributed by atoms with Gasteiger partial charge in [-0.05, 0) is 24.6 Å². The van der Waals surface area contributed by atoms with E-state index in [0.29, 0.717) is 12.5 Å². The summed E-state index contributed by atoms with van der Waals surface area (Å²) in [7, 11) is 1.65. The summed E-state index contributed by atoms with van der Waals surface area (Å²) < 4.78 is 10.9. The Kier molecular flexibility index (Phi) is 4.63. The van der Waals surface area contributed by atoms with Crippen LogP contribution in [0.2, 0.25) is 0 Å². The van der Waals surface area contributed by atoms with E-state index >= 15 is 0 Å². The molecule has 2 rings (SSSR count). The fraction of sp³-hybridized carbons (Fsp3) is 0.267. The second-order valence-electron chi connectivity index (χ2n) is 4.20. The standard InChI is InChI=1S/C15H16ClNO2/c1-11-7-15(13(8-16)9-17-11)19-10-12-3-5-14(18-2)6-4-12/h3-7,9H,8,10H2,1-2H3. The first kappa shape index (κ1) is 13.7. The molecule has 1 aromatic heterocycles. The van der Waals surface area contributed by atoms with Crippen molar-refractivity contribution in [1.82, 2.24) is 4.98 Å². The molecule has 4 heteroatoms. The van der Waals surface area contributed by atoms with Crippen LogP contribution in [0.1, 0.15) is 16.8 Å². The molecule has 1 heterocycles. The van der Waals surface area contributed by atoms with Gasteiger partial charge < -0.3 is 9.47 Å². The number of ether oxygens (including phenoxy) is 2. The molecule has 19 heavy (non-hydrogen) atoms. The first-order chi connectivity index (χ1) is 9.22. The number of nitrogens with zero attached hydrogens (tertiary/aromatic N) is 1. The molecular weight excluding hydrogens is 262 g/mol. The molecule has 0 bridgehead atoms. The maximum absolute atomic E-state index is 5.87. The van der Waals surface area contributed by atoms with Crippen LogP contribution in [0.25, 0.3) is 0 Å². The summed E-state index contributed by atoms with van der Waals surface area (Å²) >= 11 is 5.87. The lowest BCUT2D eigenvalue weighted by Gasteiger charge is -2.10. The van der Waals surface area contributed by atoms with Crippen LogP contribution < -0.4 is 9.47 Å². The van der Waals surface area contributed by atoms with Gasteiger partial charge in [0, 0.05) is 23.5 Å². The van der Waals surface area contributed by atoms with Crippen molar-refractivity contribution >= 4 is 11.6 Å². The number of rotatable bonds is 5. The quantitative estimate of drug-likeness (QED) is 0.781. The summed E-state index contributed by atoms with van der Waals surface area (Å²) in [5, 5.41) is 0. The molecule has 0 atom stereocenters. The average molecular weight is 278 g/mol. The maximum atomic E-state index is 5.87. The van der Waals surface area contributed by atoms with E-state index in [9.17, 15) is 0 Å². The molecule has 0 N–H and O–H groups in total. The number of aryl methyl sites for hydroxylation is 1. The fourth-order valence-electron chi connectivity index (χ4n) is 1.68. The first-order valence-electron chi connectivity index (χ1n) is 6.00. The number of methoxy groups -OCH3 is 1. The molecule has 0 aliphatic heterocycles. The number of pyridine rings is 1. The highest BCUT2D eigenvalue weighted by atomic mass is 35.5. The highest BCUT2D eigenvalue weighted by molar-refractivity contribution is 6.17. The third-order valence-electron chi connectivity index (χ3n) is 2.78. The van der Waals surface area contributed by atoms with Gasteiger partial charge in [-0.2, -0.15) is 0 Å². The zero-order valence-electron chi connectivity index (χ0n) is 11.0. The summed E-state index contributed by atoms with van der Waals surface area (Å²) in [6.45, 7) is 2.43. The van der Waals surface area contributed by atoms with Crippen LogP contribution in [-0.4, -0.2) is 12.1 Å². The molecule has 0 fully saturated rings. The van der Waals surface area contributed by atoms with Gasteiger partial charge in [0.1, 0.15) is 18.1 Å². The van der Waals surface area contributed by atoms with E-state index in [1.807, 2.05) is 37.3 Å². The van der Waals surface area contributed by atoms with E-state index in [0.717, 1.165) is 28.3 Å². The van der Waals surface area contributed by atoms with Crippen LogP contribution in [0.15, 0.2) is 36.5 Å². The molecule has 1 aromatic carbocycles. The van der Waals surface area contributed by atoms with Crippen LogP contribution in [-0.2, 0) is 12.5 Å². The van der Waals surface area contributed by atoms with Crippen molar-refractivity contribution in [3.05, 3.63) is 53.3 Å². The number of hydrogen-bond acceptors (Lipinski definition) is 3. The van der Waals surface area contributed by atoms with Crippen molar-refractivity contribution in [3.8, 4) is 11.5 Å². The number of alkyl halides is 1. The minimum Gasteiger partial charge on any atom is -0.497 e. The Labute approximate surface area is 118 Å². The number of hydrogen-bond donors (Lipinski definition) is 0. The monoisotopic (exact) mass is 277 g/mol. The van der Waals surface area contributed by atoms with Gasteiger partial charge in [0.15, 0.2) is 0 Å². The summed E-state index contributed by atoms with van der Waals surface area (Å²) in [5.74, 6) is 2.02. The maximum Gasteiger partial charge on any atom is 0.127 e. The zero-order chi connectivity index (χ0) is 13.7. The third kappa shape index (κ3) is 3.61. The van der Waals surface area contributed by atoms with Crippen LogP contribution in [0.3, 0.4) is 0 Å². The lowest BCUT2D eigenvalue weighted by Crippen LogP contribution is -1.99. The van der Waals surface area contributed by atoms with Gasteiger partial charge in [-0.25, -0.2) is 0 Å². The summed E-state index contributed by atoms with van der Waals surface area (Å²) in [4.78, 5) is 4.21. The molecule has 0 saturated heterocycles. The molecule has 0 aliphatic carbocycles.